The summed E-state index contributed by atoms with van der Waals surface area (Å²) >= 11 is 0. The number of carbonyl (C=O) groups is 1. The molecule has 1 aromatic carbocycles. The molecule has 1 aliphatic heterocycles. The Morgan fingerprint density at radius 3 is 2.97 bits per heavy atom. The van der Waals surface area contributed by atoms with Gasteiger partial charge in [-0.2, -0.15) is 0 Å². The van der Waals surface area contributed by atoms with Crippen molar-refractivity contribution in [2.45, 2.75) is 25.9 Å². The Labute approximate surface area is 189 Å². The van der Waals surface area contributed by atoms with Crippen molar-refractivity contribution in [2.24, 2.45) is 0 Å². The standard InChI is InChI=1S/C23H23N5O5/c24-16-11-17(18-4-3-9-30-18)27-22-21(16)26-13-28(22)7-1-2-8-31-23(29)25-12-15-5-6-19-20(10-15)33-14-32-19/h3-6,9-11,13H,1-2,7-8,12,14H2,(H2,24,27)(H,25,29). The predicted molar refractivity (Wildman–Crippen MR) is 120 cm³/mol. The zero-order valence-corrected chi connectivity index (χ0v) is 17.8. The highest BCUT2D eigenvalue weighted by molar-refractivity contribution is 5.87. The molecule has 0 bridgehead atoms. The molecule has 10 heteroatoms. The lowest BCUT2D eigenvalue weighted by Gasteiger charge is -2.08. The third-order valence-corrected chi connectivity index (χ3v) is 5.28. The Balaban J connectivity index is 1.08. The van der Waals surface area contributed by atoms with Crippen LogP contribution in [0.4, 0.5) is 10.5 Å². The van der Waals surface area contributed by atoms with E-state index in [0.717, 1.165) is 12.0 Å². The van der Waals surface area contributed by atoms with E-state index in [9.17, 15) is 4.79 Å². The predicted octanol–water partition coefficient (Wildman–Crippen LogP) is 3.71. The van der Waals surface area contributed by atoms with Crippen LogP contribution in [0.2, 0.25) is 0 Å². The number of nitrogens with one attached hydrogen (secondary N) is 1. The van der Waals surface area contributed by atoms with Gasteiger partial charge in [-0.1, -0.05) is 6.07 Å². The van der Waals surface area contributed by atoms with Gasteiger partial charge in [0, 0.05) is 13.1 Å². The second-order valence-electron chi connectivity index (χ2n) is 7.57. The van der Waals surface area contributed by atoms with Gasteiger partial charge in [-0.05, 0) is 48.7 Å². The number of pyridine rings is 1. The maximum atomic E-state index is 12.0. The molecular formula is C23H23N5O5. The molecule has 0 fully saturated rings. The highest BCUT2D eigenvalue weighted by Gasteiger charge is 2.14. The molecular weight excluding hydrogens is 426 g/mol. The molecule has 0 radical (unpaired) electrons. The molecule has 3 N–H and O–H groups in total. The maximum Gasteiger partial charge on any atom is 0.407 e. The fourth-order valence-electron chi connectivity index (χ4n) is 3.60. The molecule has 33 heavy (non-hydrogen) atoms. The van der Waals surface area contributed by atoms with Crippen molar-refractivity contribution >= 4 is 22.9 Å². The number of nitrogens with zero attached hydrogens (tertiary/aromatic N) is 3. The Bertz CT molecular complexity index is 1270. The van der Waals surface area contributed by atoms with E-state index in [2.05, 4.69) is 15.3 Å². The number of amides is 1. The number of anilines is 1. The van der Waals surface area contributed by atoms with Gasteiger partial charge in [-0.3, -0.25) is 0 Å². The van der Waals surface area contributed by atoms with E-state index >= 15 is 0 Å². The van der Waals surface area contributed by atoms with Crippen LogP contribution < -0.4 is 20.5 Å². The molecule has 0 saturated carbocycles. The van der Waals surface area contributed by atoms with E-state index in [1.165, 1.54) is 0 Å². The van der Waals surface area contributed by atoms with Crippen molar-refractivity contribution in [1.82, 2.24) is 19.9 Å². The van der Waals surface area contributed by atoms with Crippen LogP contribution >= 0.6 is 0 Å². The largest absolute Gasteiger partial charge is 0.463 e. The lowest BCUT2D eigenvalue weighted by molar-refractivity contribution is 0.143. The van der Waals surface area contributed by atoms with Crippen LogP contribution in [0.5, 0.6) is 11.5 Å². The number of unbranched alkanes of at least 4 members (excludes halogenated alkanes) is 1. The summed E-state index contributed by atoms with van der Waals surface area (Å²) in [5, 5.41) is 2.74. The molecule has 4 aromatic rings. The number of alkyl carbamates (subject to hydrolysis) is 1. The number of furan rings is 1. The third kappa shape index (κ3) is 4.54. The van der Waals surface area contributed by atoms with Crippen molar-refractivity contribution < 1.29 is 23.4 Å². The van der Waals surface area contributed by atoms with Crippen molar-refractivity contribution in [1.29, 1.82) is 0 Å². The van der Waals surface area contributed by atoms with E-state index < -0.39 is 6.09 Å². The number of ether oxygens (including phenoxy) is 3. The van der Waals surface area contributed by atoms with Gasteiger partial charge in [0.1, 0.15) is 11.2 Å². The quantitative estimate of drug-likeness (QED) is 0.390. The lowest BCUT2D eigenvalue weighted by atomic mass is 10.2. The summed E-state index contributed by atoms with van der Waals surface area (Å²) < 4.78 is 23.3. The van der Waals surface area contributed by atoms with Gasteiger partial charge >= 0.3 is 6.09 Å². The lowest BCUT2D eigenvalue weighted by Crippen LogP contribution is -2.24. The number of nitrogens with two attached hydrogens (primary N) is 1. The zero-order chi connectivity index (χ0) is 22.6. The monoisotopic (exact) mass is 449 g/mol. The minimum atomic E-state index is -0.460. The molecule has 0 aliphatic carbocycles. The van der Waals surface area contributed by atoms with Crippen LogP contribution in [0, 0.1) is 0 Å². The van der Waals surface area contributed by atoms with Crippen molar-refractivity contribution in [3.8, 4) is 23.0 Å². The van der Waals surface area contributed by atoms with Gasteiger partial charge in [0.15, 0.2) is 22.9 Å². The summed E-state index contributed by atoms with van der Waals surface area (Å²) in [5.74, 6) is 2.04. The smallest absolute Gasteiger partial charge is 0.407 e. The van der Waals surface area contributed by atoms with Crippen LogP contribution in [0.1, 0.15) is 18.4 Å². The minimum absolute atomic E-state index is 0.220. The Kier molecular flexibility index (Phi) is 5.71. The Morgan fingerprint density at radius 1 is 1.18 bits per heavy atom. The summed E-state index contributed by atoms with van der Waals surface area (Å²) in [6, 6.07) is 10.9. The molecule has 0 atom stereocenters. The average molecular weight is 449 g/mol. The van der Waals surface area contributed by atoms with E-state index in [1.807, 2.05) is 28.8 Å². The van der Waals surface area contributed by atoms with Crippen molar-refractivity contribution in [2.75, 3.05) is 19.1 Å². The SMILES string of the molecule is Nc1cc(-c2ccco2)nc2c1ncn2CCCCOC(=O)NCc1ccc2c(c1)OCO2. The van der Waals surface area contributed by atoms with Crippen LogP contribution in [0.3, 0.4) is 0 Å². The average Bonchev–Trinajstić information content (AvgIpc) is 3.58. The number of aromatic nitrogens is 3. The number of benzene rings is 1. The van der Waals surface area contributed by atoms with Crippen molar-refractivity contribution in [3.63, 3.8) is 0 Å². The molecule has 0 unspecified atom stereocenters. The summed E-state index contributed by atoms with van der Waals surface area (Å²) in [6.45, 7) is 1.55. The summed E-state index contributed by atoms with van der Waals surface area (Å²) in [6.07, 6.45) is 4.34. The van der Waals surface area contributed by atoms with E-state index in [4.69, 9.17) is 24.4 Å². The molecule has 1 aliphatic rings. The molecule has 0 saturated heterocycles. The fraction of sp³-hybridized carbons (Fsp3) is 0.261. The first-order chi connectivity index (χ1) is 16.2. The number of carbonyl (C=O) groups excluding carboxylic acids is 1. The summed E-state index contributed by atoms with van der Waals surface area (Å²) in [5.41, 5.74) is 9.62. The van der Waals surface area contributed by atoms with Gasteiger partial charge in [0.05, 0.1) is 24.9 Å². The zero-order valence-electron chi connectivity index (χ0n) is 17.8. The molecule has 4 heterocycles. The van der Waals surface area contributed by atoms with E-state index in [1.54, 1.807) is 24.7 Å². The Morgan fingerprint density at radius 2 is 2.09 bits per heavy atom. The van der Waals surface area contributed by atoms with Gasteiger partial charge < -0.3 is 34.2 Å². The maximum absolute atomic E-state index is 12.0. The third-order valence-electron chi connectivity index (χ3n) is 5.28. The van der Waals surface area contributed by atoms with Crippen LogP contribution in [-0.4, -0.2) is 34.0 Å². The minimum Gasteiger partial charge on any atom is -0.463 e. The highest BCUT2D eigenvalue weighted by Crippen LogP contribution is 2.32. The van der Waals surface area contributed by atoms with Crippen LogP contribution in [0.25, 0.3) is 22.6 Å². The van der Waals surface area contributed by atoms with E-state index in [-0.39, 0.29) is 6.79 Å². The molecule has 0 spiro atoms. The number of nitrogen functional groups attached to an aromatic ring is 1. The first-order valence-electron chi connectivity index (χ1n) is 10.6. The van der Waals surface area contributed by atoms with Gasteiger partial charge in [-0.15, -0.1) is 0 Å². The molecule has 1 amide bonds. The fourth-order valence-corrected chi connectivity index (χ4v) is 3.60. The molecule has 10 nitrogen and oxygen atoms in total. The topological polar surface area (TPSA) is 127 Å². The first-order valence-corrected chi connectivity index (χ1v) is 10.6. The molecule has 5 rings (SSSR count). The number of hydrogen-bond donors (Lipinski definition) is 2. The van der Waals surface area contributed by atoms with Gasteiger partial charge in [0.25, 0.3) is 0 Å². The second kappa shape index (κ2) is 9.11. The number of hydrogen-bond acceptors (Lipinski definition) is 8. The highest BCUT2D eigenvalue weighted by atomic mass is 16.7. The number of fused-ring (bicyclic) bond motifs is 2. The first kappa shape index (κ1) is 20.7. The van der Waals surface area contributed by atoms with E-state index in [0.29, 0.717) is 65.9 Å². The number of aryl methyl sites for hydroxylation is 1. The van der Waals surface area contributed by atoms with Crippen LogP contribution in [-0.2, 0) is 17.8 Å². The Hall–Kier alpha value is -4.21. The normalized spacial score (nSPS) is 12.2. The van der Waals surface area contributed by atoms with Gasteiger partial charge in [0.2, 0.25) is 6.79 Å². The summed E-state index contributed by atoms with van der Waals surface area (Å²) in [4.78, 5) is 21.0. The molecule has 3 aromatic heterocycles. The number of rotatable bonds is 8. The van der Waals surface area contributed by atoms with Crippen LogP contribution in [0.15, 0.2) is 53.4 Å². The summed E-state index contributed by atoms with van der Waals surface area (Å²) in [7, 11) is 0. The number of imidazole rings is 1. The second-order valence-corrected chi connectivity index (χ2v) is 7.57. The molecule has 170 valence electrons. The van der Waals surface area contributed by atoms with Gasteiger partial charge in [-0.25, -0.2) is 14.8 Å². The van der Waals surface area contributed by atoms with Crippen molar-refractivity contribution in [3.05, 3.63) is 54.6 Å².